The molecule has 0 radical (unpaired) electrons. The van der Waals surface area contributed by atoms with E-state index in [1.54, 1.807) is 0 Å². The van der Waals surface area contributed by atoms with E-state index in [-0.39, 0.29) is 60.1 Å². The van der Waals surface area contributed by atoms with Gasteiger partial charge in [0.25, 0.3) is 0 Å². The van der Waals surface area contributed by atoms with Crippen molar-refractivity contribution >= 4 is 0 Å². The van der Waals surface area contributed by atoms with E-state index in [4.69, 9.17) is 42.6 Å². The van der Waals surface area contributed by atoms with Crippen molar-refractivity contribution in [3.63, 3.8) is 0 Å². The van der Waals surface area contributed by atoms with Gasteiger partial charge in [0.05, 0.1) is 51.3 Å². The van der Waals surface area contributed by atoms with Crippen molar-refractivity contribution in [2.45, 2.75) is 226 Å². The molecule has 9 aliphatic rings. The van der Waals surface area contributed by atoms with Crippen LogP contribution in [0.1, 0.15) is 79.1 Å². The van der Waals surface area contributed by atoms with Crippen LogP contribution in [0.4, 0.5) is 0 Å². The predicted octanol–water partition coefficient (Wildman–Crippen LogP) is -5.06. The summed E-state index contributed by atoms with van der Waals surface area (Å²) in [5, 5.41) is 171. The van der Waals surface area contributed by atoms with E-state index < -0.39 is 173 Å². The topological polar surface area (TPSA) is 407 Å². The van der Waals surface area contributed by atoms with Crippen molar-refractivity contribution in [2.75, 3.05) is 33.0 Å². The predicted molar refractivity (Wildman–Crippen MR) is 253 cm³/mol. The summed E-state index contributed by atoms with van der Waals surface area (Å²) in [4.78, 5) is 0. The molecule has 0 aromatic carbocycles. The third kappa shape index (κ3) is 10.4. The van der Waals surface area contributed by atoms with Gasteiger partial charge in [0.1, 0.15) is 97.7 Å². The Morgan fingerprint density at radius 3 is 1.78 bits per heavy atom. The van der Waals surface area contributed by atoms with Crippen molar-refractivity contribution in [3.05, 3.63) is 11.6 Å². The van der Waals surface area contributed by atoms with E-state index in [9.17, 15) is 81.7 Å². The summed E-state index contributed by atoms with van der Waals surface area (Å²) in [5.74, 6) is -0.994. The van der Waals surface area contributed by atoms with Crippen molar-refractivity contribution in [1.82, 2.24) is 0 Å². The molecule has 0 unspecified atom stereocenters. The molecule has 5 saturated heterocycles. The third-order valence-corrected chi connectivity index (χ3v) is 19.6. The molecule has 0 amide bonds. The fourth-order valence-electron chi connectivity index (χ4n) is 15.1. The number of fused-ring (bicyclic) bond motifs is 7. The van der Waals surface area contributed by atoms with Crippen LogP contribution in [0.15, 0.2) is 11.6 Å². The SMILES string of the molecule is C[C@@H](CC[C@@]1(O)O[C@H]2C[C@H]3[C@@H]4CC=C5C[C@@H](O[C@@H]6O[C@H](CO)[C@H](O[C@@H]7O[C@H](CO)[C@@H](O)[C@H](O)[C@H]7O[C@@H]7O[C@H](CO)[C@@H](O)[C@H](O)[C@H]7O)[C@H](O)[C@H]6O)C[C@@H](O)[C@]5(C)[C@H]4CC[C@]3(C)[C@H]2[C@@H]1C)CO[C@@H]1O[C@H](CO)[C@@H](O)[C@H](O)[C@H]1O. The summed E-state index contributed by atoms with van der Waals surface area (Å²) in [6, 6.07) is 0. The highest BCUT2D eigenvalue weighted by Crippen LogP contribution is 2.70. The zero-order valence-corrected chi connectivity index (χ0v) is 43.3. The number of ether oxygens (including phenoxy) is 9. The Bertz CT molecular complexity index is 1970. The summed E-state index contributed by atoms with van der Waals surface area (Å²) in [7, 11) is 0. The molecule has 0 aromatic heterocycles. The first-order valence-electron chi connectivity index (χ1n) is 27.2. The first kappa shape index (κ1) is 59.4. The van der Waals surface area contributed by atoms with Crippen molar-refractivity contribution < 1.29 is 124 Å². The molecule has 76 heavy (non-hydrogen) atoms. The molecule has 0 bridgehead atoms. The Labute approximate surface area is 440 Å². The Morgan fingerprint density at radius 2 is 1.14 bits per heavy atom. The number of aliphatic hydroxyl groups excluding tert-OH is 15. The molecule has 3 saturated carbocycles. The standard InChI is InChI=1S/C51H84O25/c1-19(18-68-45-40(64)36(60)33(57)27(14-52)70-45)7-10-51(67)20(2)32-26(76-51)13-25-23-6-5-21-11-22(12-31(56)50(21,4)24(23)8-9-49(25,32)3)69-46-42(66)39(63)43(30(17-55)73-46)74-48-44(38(62)35(59)29(16-54)72-48)75-47-41(65)37(61)34(58)28(15-53)71-47/h5,19-20,22-48,52-67H,6-18H2,1-4H3/t19-,20-,22+,23+,24-,25-,26-,27+,28+,29+,30+,31+,32-,33+,34+,35+,36-,37-,38-,39+,40+,41+,42+,43-,44+,45+,46+,47-,48-,49-,50-,51+/m0/s1. The Morgan fingerprint density at radius 1 is 0.618 bits per heavy atom. The summed E-state index contributed by atoms with van der Waals surface area (Å²) < 4.78 is 53.1. The van der Waals surface area contributed by atoms with Gasteiger partial charge in [-0.2, -0.15) is 0 Å². The molecule has 8 fully saturated rings. The van der Waals surface area contributed by atoms with E-state index in [0.29, 0.717) is 19.3 Å². The van der Waals surface area contributed by atoms with Gasteiger partial charge in [-0.1, -0.05) is 39.3 Å². The van der Waals surface area contributed by atoms with Crippen molar-refractivity contribution in [2.24, 2.45) is 46.3 Å². The molecule has 0 aromatic rings. The largest absolute Gasteiger partial charge is 0.394 e. The van der Waals surface area contributed by atoms with Gasteiger partial charge in [-0.15, -0.1) is 0 Å². The highest BCUT2D eigenvalue weighted by atomic mass is 16.8. The van der Waals surface area contributed by atoms with E-state index in [1.807, 2.05) is 6.92 Å². The fraction of sp³-hybridized carbons (Fsp3) is 0.961. The second-order valence-electron chi connectivity index (χ2n) is 23.9. The van der Waals surface area contributed by atoms with Gasteiger partial charge in [0.2, 0.25) is 0 Å². The lowest BCUT2D eigenvalue weighted by Crippen LogP contribution is -2.67. The molecule has 5 aliphatic heterocycles. The second-order valence-corrected chi connectivity index (χ2v) is 23.9. The monoisotopic (exact) mass is 1100 g/mol. The zero-order valence-electron chi connectivity index (χ0n) is 43.3. The lowest BCUT2D eigenvalue weighted by molar-refractivity contribution is -0.390. The zero-order chi connectivity index (χ0) is 55.1. The van der Waals surface area contributed by atoms with Crippen LogP contribution in [0, 0.1) is 46.3 Å². The maximum atomic E-state index is 12.2. The van der Waals surface area contributed by atoms with Crippen molar-refractivity contribution in [3.8, 4) is 0 Å². The minimum absolute atomic E-state index is 0.0832. The van der Waals surface area contributed by atoms with Gasteiger partial charge < -0.3 is 124 Å². The van der Waals surface area contributed by atoms with Gasteiger partial charge in [0, 0.05) is 24.2 Å². The average molecular weight is 1100 g/mol. The number of hydrogen-bond acceptors (Lipinski definition) is 25. The minimum atomic E-state index is -1.94. The Kier molecular flexibility index (Phi) is 18.1. The molecule has 32 atom stereocenters. The highest BCUT2D eigenvalue weighted by molar-refractivity contribution is 5.28. The number of hydrogen-bond donors (Lipinski definition) is 16. The molecular weight excluding hydrogens is 1010 g/mol. The van der Waals surface area contributed by atoms with Crippen LogP contribution in [0.2, 0.25) is 0 Å². The summed E-state index contributed by atoms with van der Waals surface area (Å²) >= 11 is 0. The molecule has 5 heterocycles. The van der Waals surface area contributed by atoms with Gasteiger partial charge in [-0.25, -0.2) is 0 Å². The van der Waals surface area contributed by atoms with Crippen LogP contribution in [-0.4, -0.2) is 262 Å². The van der Waals surface area contributed by atoms with Gasteiger partial charge in [-0.05, 0) is 73.5 Å². The molecule has 25 heteroatoms. The average Bonchev–Trinajstić information content (AvgIpc) is 3.88. The van der Waals surface area contributed by atoms with Crippen molar-refractivity contribution in [1.29, 1.82) is 0 Å². The van der Waals surface area contributed by atoms with E-state index in [0.717, 1.165) is 31.3 Å². The van der Waals surface area contributed by atoms with Crippen LogP contribution in [0.5, 0.6) is 0 Å². The lowest BCUT2D eigenvalue weighted by Gasteiger charge is -2.60. The molecule has 4 aliphatic carbocycles. The number of aliphatic hydroxyl groups is 16. The van der Waals surface area contributed by atoms with Crippen LogP contribution in [-0.2, 0) is 42.6 Å². The molecule has 0 spiro atoms. The van der Waals surface area contributed by atoms with Crippen LogP contribution in [0.3, 0.4) is 0 Å². The fourth-order valence-corrected chi connectivity index (χ4v) is 15.1. The lowest BCUT2D eigenvalue weighted by atomic mass is 9.46. The minimum Gasteiger partial charge on any atom is -0.394 e. The van der Waals surface area contributed by atoms with Gasteiger partial charge in [0.15, 0.2) is 30.9 Å². The molecule has 9 rings (SSSR count). The number of allylic oxidation sites excluding steroid dienone is 1. The van der Waals surface area contributed by atoms with E-state index in [1.165, 1.54) is 0 Å². The molecule has 25 nitrogen and oxygen atoms in total. The first-order valence-corrected chi connectivity index (χ1v) is 27.2. The second kappa shape index (κ2) is 23.2. The summed E-state index contributed by atoms with van der Waals surface area (Å²) in [5.41, 5.74) is 0.247. The van der Waals surface area contributed by atoms with Gasteiger partial charge in [-0.3, -0.25) is 0 Å². The Hall–Kier alpha value is -1.26. The maximum absolute atomic E-state index is 12.2. The number of rotatable bonds is 16. The first-order chi connectivity index (χ1) is 35.9. The van der Waals surface area contributed by atoms with Crippen LogP contribution < -0.4 is 0 Å². The third-order valence-electron chi connectivity index (χ3n) is 19.6. The Balaban J connectivity index is 0.811. The van der Waals surface area contributed by atoms with Crippen LogP contribution >= 0.6 is 0 Å². The van der Waals surface area contributed by atoms with E-state index >= 15 is 0 Å². The van der Waals surface area contributed by atoms with Gasteiger partial charge >= 0.3 is 0 Å². The van der Waals surface area contributed by atoms with Crippen LogP contribution in [0.25, 0.3) is 0 Å². The van der Waals surface area contributed by atoms with E-state index in [2.05, 4.69) is 26.8 Å². The maximum Gasteiger partial charge on any atom is 0.187 e. The molecular formula is C51H84O25. The quantitative estimate of drug-likeness (QED) is 0.0643. The highest BCUT2D eigenvalue weighted by Gasteiger charge is 2.69. The molecule has 16 N–H and O–H groups in total. The summed E-state index contributed by atoms with van der Waals surface area (Å²) in [6.45, 7) is 5.55. The normalized spacial score (nSPS) is 54.8. The molecule has 438 valence electrons. The smallest absolute Gasteiger partial charge is 0.187 e. The summed E-state index contributed by atoms with van der Waals surface area (Å²) in [6.07, 6.45) is -27.7.